The minimum atomic E-state index is -4.51. The number of ether oxygens (including phenoxy) is 2. The Morgan fingerprint density at radius 1 is 1.09 bits per heavy atom. The summed E-state index contributed by atoms with van der Waals surface area (Å²) in [5, 5.41) is 0. The number of alkyl halides is 3. The Balaban J connectivity index is 2.19. The maximum absolute atomic E-state index is 12.8. The standard InChI is InChI=1S/C22H19F3N4O4/c1-5-11-29-20(30)18-19(28(21(29)31)12-10-22(23,24)25)26-17(27(18)2)9-7-14-6-8-15(32-3)16(13-14)33-4/h1,6,8,13H,10-12H2,2-4H3. The average molecular weight is 460 g/mol. The zero-order valence-corrected chi connectivity index (χ0v) is 18.0. The lowest BCUT2D eigenvalue weighted by atomic mass is 10.2. The first-order chi connectivity index (χ1) is 15.6. The molecule has 11 heteroatoms. The molecule has 2 heterocycles. The van der Waals surface area contributed by atoms with Gasteiger partial charge in [0.1, 0.15) is 0 Å². The molecule has 0 saturated carbocycles. The van der Waals surface area contributed by atoms with E-state index in [2.05, 4.69) is 22.7 Å². The number of methoxy groups -OCH3 is 2. The monoisotopic (exact) mass is 460 g/mol. The third kappa shape index (κ3) is 4.72. The number of hydrogen-bond acceptors (Lipinski definition) is 5. The lowest BCUT2D eigenvalue weighted by molar-refractivity contribution is -0.136. The summed E-state index contributed by atoms with van der Waals surface area (Å²) in [6.45, 7) is -1.11. The van der Waals surface area contributed by atoms with Crippen molar-refractivity contribution in [3.63, 3.8) is 0 Å². The van der Waals surface area contributed by atoms with Crippen LogP contribution in [-0.2, 0) is 20.1 Å². The number of hydrogen-bond donors (Lipinski definition) is 0. The van der Waals surface area contributed by atoms with E-state index in [1.807, 2.05) is 0 Å². The van der Waals surface area contributed by atoms with Gasteiger partial charge < -0.3 is 14.0 Å². The fourth-order valence-electron chi connectivity index (χ4n) is 3.19. The first kappa shape index (κ1) is 23.5. The minimum Gasteiger partial charge on any atom is -0.493 e. The van der Waals surface area contributed by atoms with Crippen molar-refractivity contribution < 1.29 is 22.6 Å². The fraction of sp³-hybridized carbons (Fsp3) is 0.318. The van der Waals surface area contributed by atoms with Crippen molar-refractivity contribution in [2.75, 3.05) is 14.2 Å². The molecule has 1 aromatic carbocycles. The molecular formula is C22H19F3N4O4. The zero-order chi connectivity index (χ0) is 24.3. The molecule has 0 aliphatic carbocycles. The second kappa shape index (κ2) is 9.17. The number of terminal acetylenes is 1. The molecule has 33 heavy (non-hydrogen) atoms. The summed E-state index contributed by atoms with van der Waals surface area (Å²) < 4.78 is 51.7. The second-order valence-corrected chi connectivity index (χ2v) is 6.88. The molecule has 3 aromatic rings. The number of aromatic nitrogens is 4. The molecule has 0 aliphatic heterocycles. The first-order valence-corrected chi connectivity index (χ1v) is 9.55. The summed E-state index contributed by atoms with van der Waals surface area (Å²) in [6.07, 6.45) is -0.555. The van der Waals surface area contributed by atoms with Gasteiger partial charge in [-0.05, 0) is 24.1 Å². The number of benzene rings is 1. The highest BCUT2D eigenvalue weighted by Crippen LogP contribution is 2.27. The third-order valence-corrected chi connectivity index (χ3v) is 4.81. The lowest BCUT2D eigenvalue weighted by Crippen LogP contribution is -2.41. The predicted molar refractivity (Wildman–Crippen MR) is 114 cm³/mol. The SMILES string of the molecule is C#CCn1c(=O)c2c(nc(C#Cc3ccc(OC)c(OC)c3)n2C)n(CCC(F)(F)F)c1=O. The van der Waals surface area contributed by atoms with Crippen LogP contribution in [0.15, 0.2) is 27.8 Å². The molecule has 3 rings (SSSR count). The predicted octanol–water partition coefficient (Wildman–Crippen LogP) is 1.90. The van der Waals surface area contributed by atoms with E-state index in [1.165, 1.54) is 25.8 Å². The highest BCUT2D eigenvalue weighted by atomic mass is 19.4. The van der Waals surface area contributed by atoms with Crippen LogP contribution in [0.25, 0.3) is 11.2 Å². The second-order valence-electron chi connectivity index (χ2n) is 6.88. The average Bonchev–Trinajstić information content (AvgIpc) is 3.10. The highest BCUT2D eigenvalue weighted by molar-refractivity contribution is 5.72. The van der Waals surface area contributed by atoms with Crippen LogP contribution in [0.5, 0.6) is 11.5 Å². The Morgan fingerprint density at radius 2 is 1.79 bits per heavy atom. The van der Waals surface area contributed by atoms with Gasteiger partial charge in [0.15, 0.2) is 28.5 Å². The van der Waals surface area contributed by atoms with E-state index in [1.54, 1.807) is 18.2 Å². The van der Waals surface area contributed by atoms with Gasteiger partial charge in [-0.2, -0.15) is 13.2 Å². The Morgan fingerprint density at radius 3 is 2.39 bits per heavy atom. The number of imidazole rings is 1. The molecule has 0 unspecified atom stereocenters. The lowest BCUT2D eigenvalue weighted by Gasteiger charge is -2.11. The highest BCUT2D eigenvalue weighted by Gasteiger charge is 2.28. The minimum absolute atomic E-state index is 0.0792. The molecule has 0 N–H and O–H groups in total. The van der Waals surface area contributed by atoms with Crippen molar-refractivity contribution in [1.29, 1.82) is 0 Å². The largest absolute Gasteiger partial charge is 0.493 e. The van der Waals surface area contributed by atoms with Crippen LogP contribution < -0.4 is 20.7 Å². The molecular weight excluding hydrogens is 441 g/mol. The quantitative estimate of drug-likeness (QED) is 0.544. The molecule has 8 nitrogen and oxygen atoms in total. The summed E-state index contributed by atoms with van der Waals surface area (Å²) in [7, 11) is 4.45. The smallest absolute Gasteiger partial charge is 0.390 e. The van der Waals surface area contributed by atoms with E-state index < -0.39 is 36.9 Å². The van der Waals surface area contributed by atoms with Gasteiger partial charge in [0.2, 0.25) is 0 Å². The Bertz CT molecular complexity index is 1430. The summed E-state index contributed by atoms with van der Waals surface area (Å²) in [5.41, 5.74) is -1.46. The molecule has 0 aliphatic rings. The van der Waals surface area contributed by atoms with E-state index in [9.17, 15) is 22.8 Å². The summed E-state index contributed by atoms with van der Waals surface area (Å²) in [4.78, 5) is 29.7. The van der Waals surface area contributed by atoms with Crippen molar-refractivity contribution in [2.24, 2.45) is 7.05 Å². The van der Waals surface area contributed by atoms with Gasteiger partial charge in [-0.15, -0.1) is 6.42 Å². The number of nitrogens with zero attached hydrogens (tertiary/aromatic N) is 4. The van der Waals surface area contributed by atoms with Gasteiger partial charge in [-0.3, -0.25) is 9.36 Å². The van der Waals surface area contributed by atoms with Crippen LogP contribution >= 0.6 is 0 Å². The molecule has 0 atom stereocenters. The van der Waals surface area contributed by atoms with Crippen molar-refractivity contribution in [1.82, 2.24) is 18.7 Å². The van der Waals surface area contributed by atoms with Gasteiger partial charge in [0, 0.05) is 19.2 Å². The van der Waals surface area contributed by atoms with E-state index >= 15 is 0 Å². The summed E-state index contributed by atoms with van der Waals surface area (Å²) in [6, 6.07) is 4.97. The van der Waals surface area contributed by atoms with Gasteiger partial charge >= 0.3 is 11.9 Å². The molecule has 0 amide bonds. The first-order valence-electron chi connectivity index (χ1n) is 9.55. The molecule has 0 fully saturated rings. The van der Waals surface area contributed by atoms with E-state index in [0.29, 0.717) is 21.6 Å². The zero-order valence-electron chi connectivity index (χ0n) is 18.0. The van der Waals surface area contributed by atoms with Gasteiger partial charge in [0.05, 0.1) is 27.2 Å². The maximum atomic E-state index is 12.8. The van der Waals surface area contributed by atoms with E-state index in [4.69, 9.17) is 15.9 Å². The summed E-state index contributed by atoms with van der Waals surface area (Å²) >= 11 is 0. The Kier molecular flexibility index (Phi) is 6.54. The number of aryl methyl sites for hydroxylation is 2. The number of fused-ring (bicyclic) bond motifs is 1. The molecule has 0 radical (unpaired) electrons. The van der Waals surface area contributed by atoms with Gasteiger partial charge in [-0.1, -0.05) is 11.8 Å². The Hall–Kier alpha value is -4.12. The topological polar surface area (TPSA) is 80.3 Å². The number of rotatable bonds is 5. The van der Waals surface area contributed by atoms with Crippen molar-refractivity contribution >= 4 is 11.2 Å². The van der Waals surface area contributed by atoms with Crippen LogP contribution in [0.4, 0.5) is 13.2 Å². The Labute approximate surface area is 186 Å². The van der Waals surface area contributed by atoms with Gasteiger partial charge in [-0.25, -0.2) is 14.3 Å². The van der Waals surface area contributed by atoms with Crippen LogP contribution in [0, 0.1) is 24.2 Å². The maximum Gasteiger partial charge on any atom is 0.390 e. The van der Waals surface area contributed by atoms with Crippen LogP contribution in [-0.4, -0.2) is 39.1 Å². The van der Waals surface area contributed by atoms with Gasteiger partial charge in [0.25, 0.3) is 5.56 Å². The normalized spacial score (nSPS) is 11.1. The van der Waals surface area contributed by atoms with Crippen LogP contribution in [0.3, 0.4) is 0 Å². The molecule has 0 bridgehead atoms. The molecule has 2 aromatic heterocycles. The molecule has 0 spiro atoms. The van der Waals surface area contributed by atoms with Crippen molar-refractivity contribution in [3.05, 3.63) is 50.4 Å². The molecule has 172 valence electrons. The fourth-order valence-corrected chi connectivity index (χ4v) is 3.19. The molecule has 0 saturated heterocycles. The number of halogens is 3. The van der Waals surface area contributed by atoms with Crippen molar-refractivity contribution in [3.8, 4) is 35.7 Å². The van der Waals surface area contributed by atoms with E-state index in [-0.39, 0.29) is 17.0 Å². The third-order valence-electron chi connectivity index (χ3n) is 4.81. The van der Waals surface area contributed by atoms with Crippen LogP contribution in [0.2, 0.25) is 0 Å². The van der Waals surface area contributed by atoms with Crippen LogP contribution in [0.1, 0.15) is 17.8 Å². The summed E-state index contributed by atoms with van der Waals surface area (Å²) in [5.74, 6) is 8.85. The van der Waals surface area contributed by atoms with Crippen molar-refractivity contribution in [2.45, 2.75) is 25.7 Å². The van der Waals surface area contributed by atoms with E-state index in [0.717, 1.165) is 4.57 Å².